The van der Waals surface area contributed by atoms with Crippen LogP contribution in [0.4, 0.5) is 10.1 Å². The SMILES string of the molecule is Nc1c(F)cccc1C(=O)N1CCC(CO)CC1. The highest BCUT2D eigenvalue weighted by atomic mass is 19.1. The van der Waals surface area contributed by atoms with Gasteiger partial charge in [0.25, 0.3) is 5.91 Å². The van der Waals surface area contributed by atoms with Gasteiger partial charge in [0.2, 0.25) is 0 Å². The van der Waals surface area contributed by atoms with Gasteiger partial charge < -0.3 is 15.7 Å². The van der Waals surface area contributed by atoms with Crippen LogP contribution in [0.5, 0.6) is 0 Å². The van der Waals surface area contributed by atoms with E-state index < -0.39 is 5.82 Å². The first kappa shape index (κ1) is 12.8. The summed E-state index contributed by atoms with van der Waals surface area (Å²) in [5.41, 5.74) is 5.71. The number of benzene rings is 1. The van der Waals surface area contributed by atoms with Crippen molar-refractivity contribution in [1.82, 2.24) is 4.90 Å². The van der Waals surface area contributed by atoms with Crippen molar-refractivity contribution in [1.29, 1.82) is 0 Å². The Morgan fingerprint density at radius 2 is 2.11 bits per heavy atom. The summed E-state index contributed by atoms with van der Waals surface area (Å²) in [5.74, 6) is -0.534. The van der Waals surface area contributed by atoms with Gasteiger partial charge in [-0.05, 0) is 30.9 Å². The van der Waals surface area contributed by atoms with Crippen LogP contribution < -0.4 is 5.73 Å². The molecule has 1 saturated heterocycles. The molecule has 0 saturated carbocycles. The summed E-state index contributed by atoms with van der Waals surface area (Å²) in [6, 6.07) is 4.27. The fraction of sp³-hybridized carbons (Fsp3) is 0.462. The third-order valence-corrected chi connectivity index (χ3v) is 3.44. The Bertz CT molecular complexity index is 443. The number of para-hydroxylation sites is 1. The number of hydrogen-bond acceptors (Lipinski definition) is 3. The van der Waals surface area contributed by atoms with Crippen molar-refractivity contribution in [2.24, 2.45) is 5.92 Å². The topological polar surface area (TPSA) is 66.6 Å². The number of amides is 1. The molecule has 5 heteroatoms. The van der Waals surface area contributed by atoms with Crippen LogP contribution in [-0.4, -0.2) is 35.6 Å². The lowest BCUT2D eigenvalue weighted by Crippen LogP contribution is -2.39. The predicted octanol–water partition coefficient (Wildman–Crippen LogP) is 1.25. The summed E-state index contributed by atoms with van der Waals surface area (Å²) < 4.78 is 13.3. The van der Waals surface area contributed by atoms with E-state index in [0.717, 1.165) is 12.8 Å². The van der Waals surface area contributed by atoms with Crippen LogP contribution in [-0.2, 0) is 0 Å². The maximum Gasteiger partial charge on any atom is 0.256 e. The number of hydrogen-bond donors (Lipinski definition) is 2. The summed E-state index contributed by atoms with van der Waals surface area (Å²) in [6.07, 6.45) is 1.55. The van der Waals surface area contributed by atoms with Gasteiger partial charge in [-0.2, -0.15) is 0 Å². The molecule has 1 amide bonds. The Labute approximate surface area is 105 Å². The molecule has 1 aromatic rings. The zero-order valence-corrected chi connectivity index (χ0v) is 10.1. The van der Waals surface area contributed by atoms with Gasteiger partial charge in [0.15, 0.2) is 0 Å². The number of carbonyl (C=O) groups is 1. The normalized spacial score (nSPS) is 16.9. The number of halogens is 1. The molecule has 1 fully saturated rings. The number of aliphatic hydroxyl groups is 1. The number of anilines is 1. The fourth-order valence-corrected chi connectivity index (χ4v) is 2.21. The molecule has 1 aliphatic rings. The Hall–Kier alpha value is -1.62. The monoisotopic (exact) mass is 252 g/mol. The molecule has 4 nitrogen and oxygen atoms in total. The van der Waals surface area contributed by atoms with Gasteiger partial charge in [-0.1, -0.05) is 6.07 Å². The van der Waals surface area contributed by atoms with E-state index in [1.807, 2.05) is 0 Å². The minimum Gasteiger partial charge on any atom is -0.396 e. The number of piperidine rings is 1. The van der Waals surface area contributed by atoms with E-state index in [4.69, 9.17) is 10.8 Å². The maximum atomic E-state index is 13.3. The molecule has 0 radical (unpaired) electrons. The molecule has 3 N–H and O–H groups in total. The maximum absolute atomic E-state index is 13.3. The van der Waals surface area contributed by atoms with Crippen molar-refractivity contribution in [3.63, 3.8) is 0 Å². The number of rotatable bonds is 2. The molecule has 98 valence electrons. The summed E-state index contributed by atoms with van der Waals surface area (Å²) in [5, 5.41) is 9.04. The van der Waals surface area contributed by atoms with Crippen LogP contribution in [0.2, 0.25) is 0 Å². The van der Waals surface area contributed by atoms with Crippen LogP contribution in [0.15, 0.2) is 18.2 Å². The van der Waals surface area contributed by atoms with Gasteiger partial charge in [0.05, 0.1) is 11.3 Å². The van der Waals surface area contributed by atoms with Gasteiger partial charge in [-0.15, -0.1) is 0 Å². The van der Waals surface area contributed by atoms with Gasteiger partial charge in [0, 0.05) is 19.7 Å². The average Bonchev–Trinajstić information content (AvgIpc) is 2.41. The van der Waals surface area contributed by atoms with E-state index in [2.05, 4.69) is 0 Å². The molecule has 0 aliphatic carbocycles. The minimum absolute atomic E-state index is 0.0909. The van der Waals surface area contributed by atoms with E-state index in [1.165, 1.54) is 12.1 Å². The third-order valence-electron chi connectivity index (χ3n) is 3.44. The lowest BCUT2D eigenvalue weighted by Gasteiger charge is -2.31. The second-order valence-electron chi connectivity index (χ2n) is 4.62. The molecule has 2 rings (SSSR count). The Kier molecular flexibility index (Phi) is 3.81. The van der Waals surface area contributed by atoms with Gasteiger partial charge in [0.1, 0.15) is 5.82 Å². The van der Waals surface area contributed by atoms with Gasteiger partial charge in [-0.25, -0.2) is 4.39 Å². The van der Waals surface area contributed by atoms with Crippen LogP contribution in [0.25, 0.3) is 0 Å². The number of nitrogens with zero attached hydrogens (tertiary/aromatic N) is 1. The number of aliphatic hydroxyl groups excluding tert-OH is 1. The highest BCUT2D eigenvalue weighted by molar-refractivity contribution is 5.99. The van der Waals surface area contributed by atoms with Crippen molar-refractivity contribution in [2.75, 3.05) is 25.4 Å². The summed E-state index contributed by atoms with van der Waals surface area (Å²) in [4.78, 5) is 13.8. The van der Waals surface area contributed by atoms with Crippen LogP contribution >= 0.6 is 0 Å². The third kappa shape index (κ3) is 2.46. The fourth-order valence-electron chi connectivity index (χ4n) is 2.21. The molecule has 0 spiro atoms. The second kappa shape index (κ2) is 5.35. The molecular weight excluding hydrogens is 235 g/mol. The summed E-state index contributed by atoms with van der Waals surface area (Å²) in [6.45, 7) is 1.32. The van der Waals surface area contributed by atoms with Crippen molar-refractivity contribution >= 4 is 11.6 Å². The largest absolute Gasteiger partial charge is 0.396 e. The second-order valence-corrected chi connectivity index (χ2v) is 4.62. The number of nitrogens with two attached hydrogens (primary N) is 1. The summed E-state index contributed by atoms with van der Waals surface area (Å²) in [7, 11) is 0. The average molecular weight is 252 g/mol. The zero-order chi connectivity index (χ0) is 13.1. The number of likely N-dealkylation sites (tertiary alicyclic amines) is 1. The van der Waals surface area contributed by atoms with E-state index in [0.29, 0.717) is 13.1 Å². The quantitative estimate of drug-likeness (QED) is 0.778. The first-order chi connectivity index (χ1) is 8.63. The molecule has 0 atom stereocenters. The predicted molar refractivity (Wildman–Crippen MR) is 66.5 cm³/mol. The molecule has 0 aromatic heterocycles. The zero-order valence-electron chi connectivity index (χ0n) is 10.1. The highest BCUT2D eigenvalue weighted by Crippen LogP contribution is 2.22. The Balaban J connectivity index is 2.10. The minimum atomic E-state index is -0.564. The molecule has 18 heavy (non-hydrogen) atoms. The first-order valence-electron chi connectivity index (χ1n) is 6.07. The Morgan fingerprint density at radius 3 is 2.72 bits per heavy atom. The van der Waals surface area contributed by atoms with Crippen LogP contribution in [0.3, 0.4) is 0 Å². The molecule has 0 bridgehead atoms. The van der Waals surface area contributed by atoms with Crippen LogP contribution in [0, 0.1) is 11.7 Å². The smallest absolute Gasteiger partial charge is 0.256 e. The lowest BCUT2D eigenvalue weighted by molar-refractivity contribution is 0.0651. The molecule has 1 heterocycles. The van der Waals surface area contributed by atoms with E-state index in [-0.39, 0.29) is 29.7 Å². The lowest BCUT2D eigenvalue weighted by atomic mass is 9.97. The van der Waals surface area contributed by atoms with E-state index >= 15 is 0 Å². The molecular formula is C13H17FN2O2. The number of nitrogen functional groups attached to an aromatic ring is 1. The van der Waals surface area contributed by atoms with E-state index in [1.54, 1.807) is 11.0 Å². The standard InChI is InChI=1S/C13H17FN2O2/c14-11-3-1-2-10(12(11)15)13(18)16-6-4-9(8-17)5-7-16/h1-3,9,17H,4-8,15H2. The first-order valence-corrected chi connectivity index (χ1v) is 6.07. The highest BCUT2D eigenvalue weighted by Gasteiger charge is 2.24. The Morgan fingerprint density at radius 1 is 1.44 bits per heavy atom. The molecule has 1 aliphatic heterocycles. The molecule has 0 unspecified atom stereocenters. The van der Waals surface area contributed by atoms with Crippen LogP contribution in [0.1, 0.15) is 23.2 Å². The van der Waals surface area contributed by atoms with Crippen molar-refractivity contribution in [3.05, 3.63) is 29.6 Å². The van der Waals surface area contributed by atoms with Gasteiger partial charge >= 0.3 is 0 Å². The number of carbonyl (C=O) groups excluding carboxylic acids is 1. The van der Waals surface area contributed by atoms with Crippen molar-refractivity contribution in [2.45, 2.75) is 12.8 Å². The van der Waals surface area contributed by atoms with E-state index in [9.17, 15) is 9.18 Å². The van der Waals surface area contributed by atoms with Gasteiger partial charge in [-0.3, -0.25) is 4.79 Å². The summed E-state index contributed by atoms with van der Waals surface area (Å²) >= 11 is 0. The molecule has 1 aromatic carbocycles. The van der Waals surface area contributed by atoms with Crippen molar-refractivity contribution in [3.8, 4) is 0 Å². The van der Waals surface area contributed by atoms with Crippen molar-refractivity contribution < 1.29 is 14.3 Å².